The van der Waals surface area contributed by atoms with Gasteiger partial charge in [0.2, 0.25) is 0 Å². The van der Waals surface area contributed by atoms with Gasteiger partial charge in [0, 0.05) is 11.6 Å². The van der Waals surface area contributed by atoms with Crippen LogP contribution in [-0.4, -0.2) is 27.3 Å². The number of benzene rings is 3. The molecule has 3 rings (SSSR count). The number of carbonyl (C=O) groups is 2. The molecule has 0 amide bonds. The predicted octanol–water partition coefficient (Wildman–Crippen LogP) is 3.96. The highest BCUT2D eigenvalue weighted by atomic mass is 19.1. The number of rotatable bonds is 4. The Kier molecular flexibility index (Phi) is 4.95. The summed E-state index contributed by atoms with van der Waals surface area (Å²) in [7, 11) is 0. The first-order chi connectivity index (χ1) is 13.3. The zero-order valence-corrected chi connectivity index (χ0v) is 14.0. The number of aromatic hydroxyl groups is 2. The molecule has 0 aliphatic carbocycles. The Bertz CT molecular complexity index is 1070. The first kappa shape index (κ1) is 18.8. The number of hydrogen-bond acceptors (Lipinski definition) is 5. The fourth-order valence-corrected chi connectivity index (χ4v) is 2.57. The van der Waals surface area contributed by atoms with Crippen molar-refractivity contribution >= 4 is 11.9 Å². The van der Waals surface area contributed by atoms with Crippen molar-refractivity contribution < 1.29 is 38.4 Å². The van der Waals surface area contributed by atoms with Crippen LogP contribution in [0.3, 0.4) is 0 Å². The minimum Gasteiger partial charge on any atom is -0.507 e. The monoisotopic (exact) mass is 386 g/mol. The third-order valence-corrected chi connectivity index (χ3v) is 3.88. The minimum atomic E-state index is -1.46. The molecule has 0 fully saturated rings. The van der Waals surface area contributed by atoms with Gasteiger partial charge in [-0.15, -0.1) is 0 Å². The summed E-state index contributed by atoms with van der Waals surface area (Å²) < 4.78 is 32.0. The van der Waals surface area contributed by atoms with E-state index in [1.807, 2.05) is 0 Å². The summed E-state index contributed by atoms with van der Waals surface area (Å²) in [5.41, 5.74) is -0.919. The lowest BCUT2D eigenvalue weighted by Crippen LogP contribution is -2.12. The first-order valence-corrected chi connectivity index (χ1v) is 7.84. The Morgan fingerprint density at radius 3 is 2.18 bits per heavy atom. The van der Waals surface area contributed by atoms with Crippen LogP contribution in [0, 0.1) is 11.6 Å². The fourth-order valence-electron chi connectivity index (χ4n) is 2.57. The summed E-state index contributed by atoms with van der Waals surface area (Å²) in [6.07, 6.45) is 0. The second-order valence-electron chi connectivity index (χ2n) is 5.70. The maximum absolute atomic E-state index is 14.0. The van der Waals surface area contributed by atoms with E-state index < -0.39 is 46.2 Å². The molecule has 0 radical (unpaired) electrons. The van der Waals surface area contributed by atoms with E-state index in [9.17, 15) is 33.7 Å². The van der Waals surface area contributed by atoms with Crippen molar-refractivity contribution in [2.24, 2.45) is 0 Å². The van der Waals surface area contributed by atoms with Gasteiger partial charge in [0.25, 0.3) is 0 Å². The molecule has 0 aliphatic heterocycles. The number of phenolic OH excluding ortho intramolecular Hbond substituents is 2. The molecule has 28 heavy (non-hydrogen) atoms. The molecule has 142 valence electrons. The van der Waals surface area contributed by atoms with E-state index in [0.717, 1.165) is 36.4 Å². The van der Waals surface area contributed by atoms with Crippen molar-refractivity contribution in [3.05, 3.63) is 77.4 Å². The second kappa shape index (κ2) is 7.36. The molecule has 3 N–H and O–H groups in total. The van der Waals surface area contributed by atoms with E-state index in [2.05, 4.69) is 0 Å². The molecule has 0 aliphatic rings. The van der Waals surface area contributed by atoms with Crippen LogP contribution < -0.4 is 4.74 Å². The zero-order valence-electron chi connectivity index (χ0n) is 14.0. The fraction of sp³-hybridized carbons (Fsp3) is 0. The molecule has 3 aromatic carbocycles. The molecule has 0 saturated heterocycles. The number of esters is 1. The Labute approximate surface area is 156 Å². The standard InChI is InChI=1S/C20H12F2O6/c21-11-5-6-12(14(22)9-11)10-4-7-17(13(8-10)19(25)26)28-20(27)18-15(23)2-1-3-16(18)24/h1-9,23-24H,(H,25,26). The highest BCUT2D eigenvalue weighted by molar-refractivity contribution is 5.99. The molecule has 0 spiro atoms. The van der Waals surface area contributed by atoms with E-state index in [0.29, 0.717) is 6.07 Å². The highest BCUT2D eigenvalue weighted by Gasteiger charge is 2.22. The van der Waals surface area contributed by atoms with Gasteiger partial charge in [0.05, 0.1) is 0 Å². The average molecular weight is 386 g/mol. The van der Waals surface area contributed by atoms with Crippen LogP contribution in [0.1, 0.15) is 20.7 Å². The van der Waals surface area contributed by atoms with Crippen molar-refractivity contribution in [3.8, 4) is 28.4 Å². The zero-order chi connectivity index (χ0) is 20.4. The van der Waals surface area contributed by atoms with Crippen molar-refractivity contribution in [1.82, 2.24) is 0 Å². The number of aromatic carboxylic acids is 1. The number of carbonyl (C=O) groups excluding carboxylic acids is 1. The number of ether oxygens (including phenoxy) is 1. The largest absolute Gasteiger partial charge is 0.507 e. The molecule has 0 aromatic heterocycles. The topological polar surface area (TPSA) is 104 Å². The third kappa shape index (κ3) is 3.61. The van der Waals surface area contributed by atoms with Gasteiger partial charge in [0.15, 0.2) is 0 Å². The van der Waals surface area contributed by atoms with E-state index in [1.54, 1.807) is 0 Å². The number of phenols is 2. The SMILES string of the molecule is O=C(O)c1cc(-c2ccc(F)cc2F)ccc1OC(=O)c1c(O)cccc1O. The van der Waals surface area contributed by atoms with Crippen molar-refractivity contribution in [3.63, 3.8) is 0 Å². The lowest BCUT2D eigenvalue weighted by Gasteiger charge is -2.11. The molecule has 0 unspecified atom stereocenters. The summed E-state index contributed by atoms with van der Waals surface area (Å²) in [4.78, 5) is 23.8. The maximum Gasteiger partial charge on any atom is 0.351 e. The van der Waals surface area contributed by atoms with E-state index >= 15 is 0 Å². The third-order valence-electron chi connectivity index (χ3n) is 3.88. The summed E-state index contributed by atoms with van der Waals surface area (Å²) in [6, 6.07) is 9.90. The lowest BCUT2D eigenvalue weighted by atomic mass is 10.0. The number of hydrogen-bond donors (Lipinski definition) is 3. The summed E-state index contributed by atoms with van der Waals surface area (Å²) in [6.45, 7) is 0. The van der Waals surface area contributed by atoms with Gasteiger partial charge in [0.1, 0.15) is 40.0 Å². The maximum atomic E-state index is 14.0. The highest BCUT2D eigenvalue weighted by Crippen LogP contribution is 2.32. The number of carboxylic acids is 1. The number of halogens is 2. The van der Waals surface area contributed by atoms with Crippen LogP contribution in [0.2, 0.25) is 0 Å². The molecule has 0 heterocycles. The molecule has 8 heteroatoms. The van der Waals surface area contributed by atoms with Crippen LogP contribution in [0.15, 0.2) is 54.6 Å². The second-order valence-corrected chi connectivity index (χ2v) is 5.70. The lowest BCUT2D eigenvalue weighted by molar-refractivity contribution is 0.0680. The molecule has 6 nitrogen and oxygen atoms in total. The van der Waals surface area contributed by atoms with Gasteiger partial charge >= 0.3 is 11.9 Å². The number of carboxylic acid groups (broad SMARTS) is 1. The molecule has 3 aromatic rings. The van der Waals surface area contributed by atoms with Gasteiger partial charge in [-0.1, -0.05) is 12.1 Å². The Morgan fingerprint density at radius 1 is 0.893 bits per heavy atom. The molecule has 0 bridgehead atoms. The van der Waals surface area contributed by atoms with Crippen molar-refractivity contribution in [2.75, 3.05) is 0 Å². The normalized spacial score (nSPS) is 10.5. The Balaban J connectivity index is 2.00. The van der Waals surface area contributed by atoms with E-state index in [4.69, 9.17) is 4.74 Å². The smallest absolute Gasteiger partial charge is 0.351 e. The van der Waals surface area contributed by atoms with Crippen LogP contribution in [0.4, 0.5) is 8.78 Å². The molecular formula is C20H12F2O6. The molecule has 0 saturated carbocycles. The quantitative estimate of drug-likeness (QED) is 0.463. The van der Waals surface area contributed by atoms with E-state index in [-0.39, 0.29) is 16.9 Å². The average Bonchev–Trinajstić information content (AvgIpc) is 2.62. The van der Waals surface area contributed by atoms with Gasteiger partial charge in [-0.25, -0.2) is 18.4 Å². The summed E-state index contributed by atoms with van der Waals surface area (Å²) in [5.74, 6) is -5.80. The van der Waals surface area contributed by atoms with Crippen molar-refractivity contribution in [2.45, 2.75) is 0 Å². The molecule has 0 atom stereocenters. The molecular weight excluding hydrogens is 374 g/mol. The van der Waals surface area contributed by atoms with Gasteiger partial charge < -0.3 is 20.1 Å². The van der Waals surface area contributed by atoms with Gasteiger partial charge in [-0.2, -0.15) is 0 Å². The summed E-state index contributed by atoms with van der Waals surface area (Å²) in [5, 5.41) is 28.8. The van der Waals surface area contributed by atoms with Crippen molar-refractivity contribution in [1.29, 1.82) is 0 Å². The first-order valence-electron chi connectivity index (χ1n) is 7.84. The van der Waals surface area contributed by atoms with Gasteiger partial charge in [-0.05, 0) is 42.0 Å². The van der Waals surface area contributed by atoms with Crippen LogP contribution in [0.5, 0.6) is 17.2 Å². The summed E-state index contributed by atoms with van der Waals surface area (Å²) >= 11 is 0. The van der Waals surface area contributed by atoms with Crippen LogP contribution in [0.25, 0.3) is 11.1 Å². The van der Waals surface area contributed by atoms with Gasteiger partial charge in [-0.3, -0.25) is 0 Å². The van der Waals surface area contributed by atoms with Crippen LogP contribution >= 0.6 is 0 Å². The minimum absolute atomic E-state index is 0.0416. The Hall–Kier alpha value is -3.94. The predicted molar refractivity (Wildman–Crippen MR) is 93.5 cm³/mol. The Morgan fingerprint density at radius 2 is 1.57 bits per heavy atom. The van der Waals surface area contributed by atoms with E-state index in [1.165, 1.54) is 12.1 Å². The van der Waals surface area contributed by atoms with Crippen LogP contribution in [-0.2, 0) is 0 Å².